The first-order chi connectivity index (χ1) is 8.02. The highest BCUT2D eigenvalue weighted by atomic mass is 15.2. The van der Waals surface area contributed by atoms with Crippen molar-refractivity contribution < 1.29 is 0 Å². The van der Waals surface area contributed by atoms with E-state index < -0.39 is 0 Å². The molecule has 0 amide bonds. The van der Waals surface area contributed by atoms with Gasteiger partial charge in [-0.3, -0.25) is 11.3 Å². The van der Waals surface area contributed by atoms with Gasteiger partial charge in [-0.15, -0.1) is 0 Å². The third-order valence-corrected chi connectivity index (χ3v) is 5.35. The van der Waals surface area contributed by atoms with Gasteiger partial charge in [-0.25, -0.2) is 0 Å². The summed E-state index contributed by atoms with van der Waals surface area (Å²) in [6.45, 7) is 7.17. The van der Waals surface area contributed by atoms with Crippen LogP contribution in [0.25, 0.3) is 0 Å². The number of hydrogen-bond donors (Lipinski definition) is 2. The van der Waals surface area contributed by atoms with Crippen molar-refractivity contribution in [2.24, 2.45) is 29.0 Å². The highest BCUT2D eigenvalue weighted by molar-refractivity contribution is 4.90. The minimum absolute atomic E-state index is 0.493. The van der Waals surface area contributed by atoms with Crippen LogP contribution in [-0.4, -0.2) is 6.04 Å². The topological polar surface area (TPSA) is 38.0 Å². The monoisotopic (exact) mass is 238 g/mol. The van der Waals surface area contributed by atoms with Crippen molar-refractivity contribution in [2.75, 3.05) is 0 Å². The molecular formula is C15H30N2. The Kier molecular flexibility index (Phi) is 4.14. The van der Waals surface area contributed by atoms with Crippen LogP contribution in [0.5, 0.6) is 0 Å². The lowest BCUT2D eigenvalue weighted by Crippen LogP contribution is -2.49. The third-order valence-electron chi connectivity index (χ3n) is 5.35. The van der Waals surface area contributed by atoms with Gasteiger partial charge in [-0.2, -0.15) is 0 Å². The molecule has 3 N–H and O–H groups in total. The number of nitrogens with two attached hydrogens (primary N) is 1. The van der Waals surface area contributed by atoms with E-state index in [-0.39, 0.29) is 0 Å². The SMILES string of the molecule is CC(C)(C)C1CCC(C(NN)C2CCC2)CC1. The van der Waals surface area contributed by atoms with Gasteiger partial charge in [0, 0.05) is 6.04 Å². The van der Waals surface area contributed by atoms with Crippen molar-refractivity contribution in [3.63, 3.8) is 0 Å². The van der Waals surface area contributed by atoms with Gasteiger partial charge in [0.15, 0.2) is 0 Å². The molecule has 0 aromatic carbocycles. The molecule has 0 aliphatic heterocycles. The lowest BCUT2D eigenvalue weighted by atomic mass is 9.65. The summed E-state index contributed by atoms with van der Waals surface area (Å²) in [4.78, 5) is 0. The summed E-state index contributed by atoms with van der Waals surface area (Å²) in [5.74, 6) is 8.41. The number of hydrogen-bond acceptors (Lipinski definition) is 2. The second-order valence-corrected chi connectivity index (χ2v) is 7.36. The van der Waals surface area contributed by atoms with Gasteiger partial charge in [0.05, 0.1) is 0 Å². The van der Waals surface area contributed by atoms with E-state index in [2.05, 4.69) is 26.2 Å². The first kappa shape index (κ1) is 13.4. The average molecular weight is 238 g/mol. The van der Waals surface area contributed by atoms with E-state index in [9.17, 15) is 0 Å². The second kappa shape index (κ2) is 5.27. The van der Waals surface area contributed by atoms with Gasteiger partial charge in [0.1, 0.15) is 0 Å². The standard InChI is InChI=1S/C15H30N2/c1-15(2,3)13-9-7-12(8-10-13)14(17-16)11-5-4-6-11/h11-14,17H,4-10,16H2,1-3H3. The lowest BCUT2D eigenvalue weighted by molar-refractivity contribution is 0.0959. The van der Waals surface area contributed by atoms with E-state index in [1.54, 1.807) is 0 Å². The van der Waals surface area contributed by atoms with E-state index in [0.717, 1.165) is 17.8 Å². The first-order valence-corrected chi connectivity index (χ1v) is 7.48. The van der Waals surface area contributed by atoms with E-state index >= 15 is 0 Å². The van der Waals surface area contributed by atoms with Crippen LogP contribution in [0.3, 0.4) is 0 Å². The van der Waals surface area contributed by atoms with Crippen LogP contribution in [0.15, 0.2) is 0 Å². The van der Waals surface area contributed by atoms with Gasteiger partial charge < -0.3 is 0 Å². The molecule has 2 aliphatic rings. The molecule has 1 unspecified atom stereocenters. The molecule has 0 bridgehead atoms. The van der Waals surface area contributed by atoms with Crippen molar-refractivity contribution in [1.82, 2.24) is 5.43 Å². The van der Waals surface area contributed by atoms with Crippen molar-refractivity contribution >= 4 is 0 Å². The van der Waals surface area contributed by atoms with Crippen molar-refractivity contribution in [2.45, 2.75) is 71.8 Å². The molecule has 2 rings (SSSR count). The van der Waals surface area contributed by atoms with Crippen LogP contribution in [0.1, 0.15) is 65.7 Å². The normalized spacial score (nSPS) is 33.2. The van der Waals surface area contributed by atoms with E-state index in [4.69, 9.17) is 5.84 Å². The molecule has 1 atom stereocenters. The maximum absolute atomic E-state index is 5.78. The third kappa shape index (κ3) is 3.03. The Labute approximate surface area is 107 Å². The molecule has 100 valence electrons. The smallest absolute Gasteiger partial charge is 0.0266 e. The molecule has 17 heavy (non-hydrogen) atoms. The molecule has 0 aromatic heterocycles. The number of hydrazine groups is 1. The fourth-order valence-corrected chi connectivity index (χ4v) is 3.80. The van der Waals surface area contributed by atoms with Gasteiger partial charge in [-0.1, -0.05) is 27.2 Å². The Morgan fingerprint density at radius 1 is 0.941 bits per heavy atom. The summed E-state index contributed by atoms with van der Waals surface area (Å²) in [5.41, 5.74) is 3.62. The Morgan fingerprint density at radius 2 is 1.47 bits per heavy atom. The van der Waals surface area contributed by atoms with Crippen LogP contribution >= 0.6 is 0 Å². The molecule has 2 fully saturated rings. The van der Waals surface area contributed by atoms with Crippen LogP contribution in [0.2, 0.25) is 0 Å². The molecule has 0 radical (unpaired) electrons. The number of nitrogens with one attached hydrogen (secondary N) is 1. The van der Waals surface area contributed by atoms with Crippen molar-refractivity contribution in [3.05, 3.63) is 0 Å². The predicted octanol–water partition coefficient (Wildman–Crippen LogP) is 3.47. The molecule has 2 saturated carbocycles. The number of rotatable bonds is 3. The highest BCUT2D eigenvalue weighted by Gasteiger charge is 2.36. The fourth-order valence-electron chi connectivity index (χ4n) is 3.80. The Balaban J connectivity index is 1.85. The summed E-state index contributed by atoms with van der Waals surface area (Å²) in [7, 11) is 0. The zero-order valence-electron chi connectivity index (χ0n) is 11.8. The van der Waals surface area contributed by atoms with Crippen LogP contribution in [0.4, 0.5) is 0 Å². The summed E-state index contributed by atoms with van der Waals surface area (Å²) < 4.78 is 0. The van der Waals surface area contributed by atoms with Gasteiger partial charge in [0.25, 0.3) is 0 Å². The molecule has 2 aliphatic carbocycles. The minimum Gasteiger partial charge on any atom is -0.271 e. The Morgan fingerprint density at radius 3 is 1.82 bits per heavy atom. The van der Waals surface area contributed by atoms with Crippen molar-refractivity contribution in [1.29, 1.82) is 0 Å². The molecule has 2 nitrogen and oxygen atoms in total. The molecule has 0 spiro atoms. The predicted molar refractivity (Wildman–Crippen MR) is 73.4 cm³/mol. The van der Waals surface area contributed by atoms with Gasteiger partial charge >= 0.3 is 0 Å². The summed E-state index contributed by atoms with van der Waals surface area (Å²) in [6, 6.07) is 0.602. The highest BCUT2D eigenvalue weighted by Crippen LogP contribution is 2.43. The Bertz CT molecular complexity index is 232. The molecule has 0 heterocycles. The zero-order chi connectivity index (χ0) is 12.5. The van der Waals surface area contributed by atoms with Crippen molar-refractivity contribution in [3.8, 4) is 0 Å². The lowest BCUT2D eigenvalue weighted by Gasteiger charge is -2.43. The zero-order valence-corrected chi connectivity index (χ0v) is 11.8. The molecule has 2 heteroatoms. The van der Waals surface area contributed by atoms with Crippen LogP contribution < -0.4 is 11.3 Å². The molecule has 0 aromatic rings. The summed E-state index contributed by atoms with van der Waals surface area (Å²) in [6.07, 6.45) is 9.78. The van der Waals surface area contributed by atoms with E-state index in [1.807, 2.05) is 0 Å². The van der Waals surface area contributed by atoms with Crippen LogP contribution in [0, 0.1) is 23.2 Å². The average Bonchev–Trinajstić information content (AvgIpc) is 2.22. The summed E-state index contributed by atoms with van der Waals surface area (Å²) >= 11 is 0. The van der Waals surface area contributed by atoms with Gasteiger partial charge in [-0.05, 0) is 61.7 Å². The summed E-state index contributed by atoms with van der Waals surface area (Å²) in [5, 5.41) is 0. The van der Waals surface area contributed by atoms with Crippen LogP contribution in [-0.2, 0) is 0 Å². The van der Waals surface area contributed by atoms with E-state index in [0.29, 0.717) is 11.5 Å². The second-order valence-electron chi connectivity index (χ2n) is 7.36. The Hall–Kier alpha value is -0.0800. The maximum Gasteiger partial charge on any atom is 0.0266 e. The van der Waals surface area contributed by atoms with Gasteiger partial charge in [0.2, 0.25) is 0 Å². The fraction of sp³-hybridized carbons (Fsp3) is 1.00. The van der Waals surface area contributed by atoms with E-state index in [1.165, 1.54) is 44.9 Å². The maximum atomic E-state index is 5.78. The largest absolute Gasteiger partial charge is 0.271 e. The molecule has 0 saturated heterocycles. The quantitative estimate of drug-likeness (QED) is 0.583. The molecular weight excluding hydrogens is 208 g/mol. The first-order valence-electron chi connectivity index (χ1n) is 7.48. The minimum atomic E-state index is 0.493.